The molecule has 0 aliphatic rings. The van der Waals surface area contributed by atoms with E-state index in [2.05, 4.69) is 10.2 Å². The Hall–Kier alpha value is -4.71. The number of rotatable bonds is 6. The minimum Gasteiger partial charge on any atom is -0.493 e. The van der Waals surface area contributed by atoms with Crippen LogP contribution in [0.5, 0.6) is 5.88 Å². The van der Waals surface area contributed by atoms with Crippen LogP contribution >= 0.6 is 0 Å². The van der Waals surface area contributed by atoms with Gasteiger partial charge in [-0.3, -0.25) is 18.8 Å². The molecule has 176 valence electrons. The van der Waals surface area contributed by atoms with Gasteiger partial charge in [0, 0.05) is 19.2 Å². The number of nitrogens with zero attached hydrogens (tertiary/aromatic N) is 6. The molecule has 35 heavy (non-hydrogen) atoms. The van der Waals surface area contributed by atoms with E-state index in [-0.39, 0.29) is 34.6 Å². The molecule has 0 fully saturated rings. The van der Waals surface area contributed by atoms with Crippen LogP contribution in [0.3, 0.4) is 0 Å². The lowest BCUT2D eigenvalue weighted by Gasteiger charge is -2.13. The lowest BCUT2D eigenvalue weighted by atomic mass is 10.1. The van der Waals surface area contributed by atoms with Crippen molar-refractivity contribution in [1.82, 2.24) is 13.9 Å². The van der Waals surface area contributed by atoms with E-state index in [1.165, 1.54) is 11.6 Å². The normalized spacial score (nSPS) is 11.1. The highest BCUT2D eigenvalue weighted by atomic mass is 16.3. The molecule has 0 saturated heterocycles. The molecule has 0 spiro atoms. The summed E-state index contributed by atoms with van der Waals surface area (Å²) in [6, 6.07) is 20.5. The van der Waals surface area contributed by atoms with E-state index in [9.17, 15) is 20.0 Å². The smallest absolute Gasteiger partial charge is 0.299 e. The Bertz CT molecular complexity index is 1570. The summed E-state index contributed by atoms with van der Waals surface area (Å²) < 4.78 is 4.24. The number of azo groups is 1. The predicted molar refractivity (Wildman–Crippen MR) is 132 cm³/mol. The summed E-state index contributed by atoms with van der Waals surface area (Å²) in [5.41, 5.74) is 1.35. The number of aromatic nitrogens is 3. The molecule has 2 aromatic carbocycles. The third-order valence-electron chi connectivity index (χ3n) is 6.01. The molecule has 0 bridgehead atoms. The average molecular weight is 469 g/mol. The molecule has 4 rings (SSSR count). The molecule has 0 unspecified atom stereocenters. The molecule has 0 radical (unpaired) electrons. The molecule has 0 amide bonds. The SMILES string of the molecule is Cc1c(C#N)c(O)n(CCc2ccccc2)c(=O)c1N=Nc1c(C)n(C)n(-c2ccccc2)c1=O. The second kappa shape index (κ2) is 9.65. The molecule has 0 atom stereocenters. The Morgan fingerprint density at radius 1 is 0.914 bits per heavy atom. The van der Waals surface area contributed by atoms with Crippen LogP contribution in [0.4, 0.5) is 11.4 Å². The maximum atomic E-state index is 13.2. The van der Waals surface area contributed by atoms with Gasteiger partial charge >= 0.3 is 0 Å². The number of pyridine rings is 1. The Balaban J connectivity index is 1.79. The molecule has 4 aromatic rings. The van der Waals surface area contributed by atoms with Crippen molar-refractivity contribution in [2.45, 2.75) is 26.8 Å². The third-order valence-corrected chi connectivity index (χ3v) is 6.01. The van der Waals surface area contributed by atoms with Gasteiger partial charge in [0.15, 0.2) is 11.4 Å². The van der Waals surface area contributed by atoms with Crippen molar-refractivity contribution in [3.63, 3.8) is 0 Å². The molecule has 1 N–H and O–H groups in total. The van der Waals surface area contributed by atoms with Crippen LogP contribution in [-0.4, -0.2) is 19.0 Å². The number of para-hydroxylation sites is 1. The summed E-state index contributed by atoms with van der Waals surface area (Å²) in [7, 11) is 1.74. The fourth-order valence-electron chi connectivity index (χ4n) is 3.92. The van der Waals surface area contributed by atoms with Crippen LogP contribution < -0.4 is 11.1 Å². The molecule has 2 aromatic heterocycles. The highest BCUT2D eigenvalue weighted by Crippen LogP contribution is 2.27. The van der Waals surface area contributed by atoms with Gasteiger partial charge in [-0.2, -0.15) is 5.26 Å². The molecule has 0 aliphatic heterocycles. The molecule has 0 saturated carbocycles. The summed E-state index contributed by atoms with van der Waals surface area (Å²) in [6.45, 7) is 3.41. The Morgan fingerprint density at radius 2 is 1.51 bits per heavy atom. The zero-order chi connectivity index (χ0) is 25.1. The van der Waals surface area contributed by atoms with Gasteiger partial charge in [-0.25, -0.2) is 4.68 Å². The zero-order valence-electron chi connectivity index (χ0n) is 19.6. The Kier molecular flexibility index (Phi) is 6.46. The molecule has 9 nitrogen and oxygen atoms in total. The van der Waals surface area contributed by atoms with Gasteiger partial charge in [-0.15, -0.1) is 10.2 Å². The molecule has 0 aliphatic carbocycles. The van der Waals surface area contributed by atoms with Crippen LogP contribution in [0.15, 0.2) is 80.5 Å². The fourth-order valence-corrected chi connectivity index (χ4v) is 3.92. The number of aryl methyl sites for hydroxylation is 1. The van der Waals surface area contributed by atoms with Crippen molar-refractivity contribution in [2.24, 2.45) is 17.3 Å². The maximum absolute atomic E-state index is 13.2. The number of aromatic hydroxyl groups is 1. The minimum absolute atomic E-state index is 0.0573. The molecular formula is C26H24N6O3. The van der Waals surface area contributed by atoms with Gasteiger partial charge < -0.3 is 5.11 Å². The van der Waals surface area contributed by atoms with Crippen molar-refractivity contribution in [3.8, 4) is 17.6 Å². The van der Waals surface area contributed by atoms with E-state index in [0.717, 1.165) is 10.1 Å². The van der Waals surface area contributed by atoms with Crippen molar-refractivity contribution < 1.29 is 5.11 Å². The van der Waals surface area contributed by atoms with E-state index < -0.39 is 11.4 Å². The summed E-state index contributed by atoms with van der Waals surface area (Å²) in [5, 5.41) is 28.5. The monoisotopic (exact) mass is 468 g/mol. The second-order valence-corrected chi connectivity index (χ2v) is 8.09. The first-order valence-corrected chi connectivity index (χ1v) is 11.0. The second-order valence-electron chi connectivity index (χ2n) is 8.09. The first kappa shape index (κ1) is 23.4. The van der Waals surface area contributed by atoms with Crippen LogP contribution in [0.2, 0.25) is 0 Å². The number of nitriles is 1. The van der Waals surface area contributed by atoms with Gasteiger partial charge in [-0.05, 0) is 38.0 Å². The highest BCUT2D eigenvalue weighted by Gasteiger charge is 2.20. The third kappa shape index (κ3) is 4.29. The van der Waals surface area contributed by atoms with E-state index in [1.54, 1.807) is 30.8 Å². The lowest BCUT2D eigenvalue weighted by molar-refractivity contribution is 0.404. The summed E-state index contributed by atoms with van der Waals surface area (Å²) in [5.74, 6) is -0.410. The molecule has 2 heterocycles. The summed E-state index contributed by atoms with van der Waals surface area (Å²) >= 11 is 0. The number of benzene rings is 2. The van der Waals surface area contributed by atoms with Gasteiger partial charge in [-0.1, -0.05) is 48.5 Å². The van der Waals surface area contributed by atoms with E-state index in [4.69, 9.17) is 0 Å². The first-order valence-electron chi connectivity index (χ1n) is 11.0. The van der Waals surface area contributed by atoms with Gasteiger partial charge in [0.25, 0.3) is 11.1 Å². The Labute approximate surface area is 201 Å². The van der Waals surface area contributed by atoms with E-state index in [1.807, 2.05) is 54.6 Å². The quantitative estimate of drug-likeness (QED) is 0.427. The van der Waals surface area contributed by atoms with Crippen molar-refractivity contribution in [2.75, 3.05) is 0 Å². The topological polar surface area (TPSA) is 118 Å². The van der Waals surface area contributed by atoms with Crippen LogP contribution in [0.1, 0.15) is 22.4 Å². The fraction of sp³-hybridized carbons (Fsp3) is 0.192. The van der Waals surface area contributed by atoms with Crippen LogP contribution in [0, 0.1) is 25.2 Å². The molecule has 9 heteroatoms. The summed E-state index contributed by atoms with van der Waals surface area (Å²) in [6.07, 6.45) is 0.471. The summed E-state index contributed by atoms with van der Waals surface area (Å²) in [4.78, 5) is 26.4. The van der Waals surface area contributed by atoms with Crippen molar-refractivity contribution >= 4 is 11.4 Å². The standard InChI is InChI=1S/C26H24N6O3/c1-17-21(16-27)24(33)31(15-14-19-10-6-4-7-11-19)25(34)22(17)28-29-23-18(2)30(3)32(26(23)35)20-12-8-5-9-13-20/h4-13,33H,14-15H2,1-3H3. The van der Waals surface area contributed by atoms with Crippen molar-refractivity contribution in [1.29, 1.82) is 5.26 Å². The van der Waals surface area contributed by atoms with Crippen LogP contribution in [0.25, 0.3) is 5.69 Å². The maximum Gasteiger partial charge on any atom is 0.299 e. The van der Waals surface area contributed by atoms with Gasteiger partial charge in [0.2, 0.25) is 5.88 Å². The predicted octanol–water partition coefficient (Wildman–Crippen LogP) is 4.19. The lowest BCUT2D eigenvalue weighted by Crippen LogP contribution is -2.23. The largest absolute Gasteiger partial charge is 0.493 e. The van der Waals surface area contributed by atoms with E-state index in [0.29, 0.717) is 17.8 Å². The van der Waals surface area contributed by atoms with Gasteiger partial charge in [0.1, 0.15) is 11.6 Å². The first-order chi connectivity index (χ1) is 16.8. The van der Waals surface area contributed by atoms with Crippen LogP contribution in [-0.2, 0) is 20.0 Å². The van der Waals surface area contributed by atoms with Gasteiger partial charge in [0.05, 0.1) is 11.4 Å². The zero-order valence-corrected chi connectivity index (χ0v) is 19.6. The number of hydrogen-bond donors (Lipinski definition) is 1. The average Bonchev–Trinajstić information content (AvgIpc) is 3.08. The Morgan fingerprint density at radius 3 is 2.14 bits per heavy atom. The van der Waals surface area contributed by atoms with E-state index >= 15 is 0 Å². The number of hydrogen-bond acceptors (Lipinski definition) is 6. The van der Waals surface area contributed by atoms with Crippen molar-refractivity contribution in [3.05, 3.63) is 104 Å². The highest BCUT2D eigenvalue weighted by molar-refractivity contribution is 5.57. The minimum atomic E-state index is -0.587. The molecular weight excluding hydrogens is 444 g/mol.